The van der Waals surface area contributed by atoms with Crippen LogP contribution in [0, 0.1) is 19.8 Å². The number of aryl methyl sites for hydroxylation is 2. The normalized spacial score (nSPS) is 25.9. The Morgan fingerprint density at radius 2 is 2.07 bits per heavy atom. The molecule has 0 saturated heterocycles. The van der Waals surface area contributed by atoms with Gasteiger partial charge in [0.2, 0.25) is 0 Å². The first-order chi connectivity index (χ1) is 6.72. The van der Waals surface area contributed by atoms with E-state index in [2.05, 4.69) is 32.0 Å². The SMILES string of the molecule is Cc1ccc(C2CCC2CN)c(C)c1. The zero-order valence-electron chi connectivity index (χ0n) is 9.09. The highest BCUT2D eigenvalue weighted by atomic mass is 14.6. The second kappa shape index (κ2) is 3.74. The van der Waals surface area contributed by atoms with Crippen LogP contribution in [0.15, 0.2) is 18.2 Å². The molecule has 2 atom stereocenters. The molecule has 1 aromatic carbocycles. The molecule has 1 aromatic rings. The number of nitrogens with two attached hydrogens (primary N) is 1. The van der Waals surface area contributed by atoms with Crippen LogP contribution >= 0.6 is 0 Å². The molecular weight excluding hydrogens is 170 g/mol. The third kappa shape index (κ3) is 1.57. The van der Waals surface area contributed by atoms with Crippen LogP contribution < -0.4 is 5.73 Å². The molecule has 0 bridgehead atoms. The minimum atomic E-state index is 0.733. The van der Waals surface area contributed by atoms with Crippen LogP contribution in [-0.2, 0) is 0 Å². The van der Waals surface area contributed by atoms with E-state index in [1.807, 2.05) is 0 Å². The first-order valence-electron chi connectivity index (χ1n) is 5.49. The van der Waals surface area contributed by atoms with Crippen molar-refractivity contribution < 1.29 is 0 Å². The second-order valence-electron chi connectivity index (χ2n) is 4.54. The Balaban J connectivity index is 2.24. The summed E-state index contributed by atoms with van der Waals surface area (Å²) >= 11 is 0. The van der Waals surface area contributed by atoms with Crippen LogP contribution in [0.3, 0.4) is 0 Å². The maximum absolute atomic E-state index is 5.74. The lowest BCUT2D eigenvalue weighted by atomic mass is 9.69. The molecule has 1 aliphatic carbocycles. The van der Waals surface area contributed by atoms with Crippen molar-refractivity contribution in [1.82, 2.24) is 0 Å². The van der Waals surface area contributed by atoms with E-state index >= 15 is 0 Å². The molecule has 0 aromatic heterocycles. The van der Waals surface area contributed by atoms with Crippen LogP contribution in [0.4, 0.5) is 0 Å². The molecule has 0 aliphatic heterocycles. The van der Waals surface area contributed by atoms with Gasteiger partial charge in [-0.1, -0.05) is 23.8 Å². The van der Waals surface area contributed by atoms with Gasteiger partial charge in [-0.05, 0) is 56.2 Å². The number of benzene rings is 1. The van der Waals surface area contributed by atoms with Gasteiger partial charge in [0, 0.05) is 0 Å². The molecule has 1 aliphatic rings. The van der Waals surface area contributed by atoms with Crippen molar-refractivity contribution in [3.63, 3.8) is 0 Å². The standard InChI is InChI=1S/C13H19N/c1-9-3-5-12(10(2)7-9)13-6-4-11(13)8-14/h3,5,7,11,13H,4,6,8,14H2,1-2H3. The maximum Gasteiger partial charge on any atom is -0.00430 e. The highest BCUT2D eigenvalue weighted by Gasteiger charge is 2.31. The summed E-state index contributed by atoms with van der Waals surface area (Å²) in [6.07, 6.45) is 2.64. The van der Waals surface area contributed by atoms with Gasteiger partial charge >= 0.3 is 0 Å². The Morgan fingerprint density at radius 3 is 2.57 bits per heavy atom. The average molecular weight is 189 g/mol. The Kier molecular flexibility index (Phi) is 2.60. The van der Waals surface area contributed by atoms with E-state index in [0.717, 1.165) is 18.4 Å². The van der Waals surface area contributed by atoms with Gasteiger partial charge in [-0.2, -0.15) is 0 Å². The predicted molar refractivity (Wildman–Crippen MR) is 60.4 cm³/mol. The molecule has 0 spiro atoms. The molecule has 2 rings (SSSR count). The highest BCUT2D eigenvalue weighted by molar-refractivity contribution is 5.34. The summed E-state index contributed by atoms with van der Waals surface area (Å²) in [5.74, 6) is 1.47. The molecule has 1 heteroatoms. The molecule has 0 amide bonds. The first-order valence-corrected chi connectivity index (χ1v) is 5.49. The van der Waals surface area contributed by atoms with Gasteiger partial charge in [0.05, 0.1) is 0 Å². The summed E-state index contributed by atoms with van der Waals surface area (Å²) in [6.45, 7) is 5.21. The zero-order valence-corrected chi connectivity index (χ0v) is 9.09. The smallest absolute Gasteiger partial charge is 0.00430 e. The van der Waals surface area contributed by atoms with E-state index in [9.17, 15) is 0 Å². The van der Waals surface area contributed by atoms with Crippen molar-refractivity contribution >= 4 is 0 Å². The average Bonchev–Trinajstić information content (AvgIpc) is 2.08. The van der Waals surface area contributed by atoms with Crippen molar-refractivity contribution in [2.45, 2.75) is 32.6 Å². The fourth-order valence-electron chi connectivity index (χ4n) is 2.50. The van der Waals surface area contributed by atoms with Crippen LogP contribution in [0.25, 0.3) is 0 Å². The second-order valence-corrected chi connectivity index (χ2v) is 4.54. The van der Waals surface area contributed by atoms with Crippen LogP contribution in [0.2, 0.25) is 0 Å². The van der Waals surface area contributed by atoms with Gasteiger partial charge in [-0.3, -0.25) is 0 Å². The number of rotatable bonds is 2. The summed E-state index contributed by atoms with van der Waals surface area (Å²) in [7, 11) is 0. The number of hydrogen-bond acceptors (Lipinski definition) is 1. The Morgan fingerprint density at radius 1 is 1.29 bits per heavy atom. The molecule has 2 N–H and O–H groups in total. The fourth-order valence-corrected chi connectivity index (χ4v) is 2.50. The minimum absolute atomic E-state index is 0.733. The highest BCUT2D eigenvalue weighted by Crippen LogP contribution is 2.42. The van der Waals surface area contributed by atoms with Crippen molar-refractivity contribution in [3.05, 3.63) is 34.9 Å². The van der Waals surface area contributed by atoms with E-state index in [-0.39, 0.29) is 0 Å². The zero-order chi connectivity index (χ0) is 10.1. The van der Waals surface area contributed by atoms with E-state index in [4.69, 9.17) is 5.73 Å². The lowest BCUT2D eigenvalue weighted by Gasteiger charge is -2.37. The molecular formula is C13H19N. The molecule has 14 heavy (non-hydrogen) atoms. The monoisotopic (exact) mass is 189 g/mol. The van der Waals surface area contributed by atoms with Crippen molar-refractivity contribution in [2.75, 3.05) is 6.54 Å². The predicted octanol–water partition coefficient (Wildman–Crippen LogP) is 2.76. The molecule has 0 radical (unpaired) electrons. The van der Waals surface area contributed by atoms with E-state index in [1.165, 1.54) is 29.5 Å². The summed E-state index contributed by atoms with van der Waals surface area (Å²) in [4.78, 5) is 0. The maximum atomic E-state index is 5.74. The lowest BCUT2D eigenvalue weighted by molar-refractivity contribution is 0.262. The van der Waals surface area contributed by atoms with E-state index in [0.29, 0.717) is 0 Å². The quantitative estimate of drug-likeness (QED) is 0.760. The topological polar surface area (TPSA) is 26.0 Å². The lowest BCUT2D eigenvalue weighted by Crippen LogP contribution is -2.30. The third-order valence-corrected chi connectivity index (χ3v) is 3.55. The van der Waals surface area contributed by atoms with Gasteiger partial charge in [0.15, 0.2) is 0 Å². The fraction of sp³-hybridized carbons (Fsp3) is 0.538. The molecule has 76 valence electrons. The summed E-state index contributed by atoms with van der Waals surface area (Å²) in [5.41, 5.74) is 10.1. The van der Waals surface area contributed by atoms with Gasteiger partial charge in [-0.15, -0.1) is 0 Å². The Hall–Kier alpha value is -0.820. The van der Waals surface area contributed by atoms with Crippen LogP contribution in [-0.4, -0.2) is 6.54 Å². The van der Waals surface area contributed by atoms with Crippen molar-refractivity contribution in [1.29, 1.82) is 0 Å². The first kappa shape index (κ1) is 9.72. The summed E-state index contributed by atoms with van der Waals surface area (Å²) in [6, 6.07) is 6.78. The van der Waals surface area contributed by atoms with E-state index < -0.39 is 0 Å². The van der Waals surface area contributed by atoms with Gasteiger partial charge in [0.25, 0.3) is 0 Å². The Labute approximate surface area is 86.3 Å². The number of hydrogen-bond donors (Lipinski definition) is 1. The van der Waals surface area contributed by atoms with Crippen LogP contribution in [0.5, 0.6) is 0 Å². The molecule has 1 fully saturated rings. The molecule has 2 unspecified atom stereocenters. The van der Waals surface area contributed by atoms with Crippen molar-refractivity contribution in [3.8, 4) is 0 Å². The van der Waals surface area contributed by atoms with Crippen LogP contribution in [0.1, 0.15) is 35.4 Å². The molecule has 1 saturated carbocycles. The third-order valence-electron chi connectivity index (χ3n) is 3.55. The minimum Gasteiger partial charge on any atom is -0.330 e. The summed E-state index contributed by atoms with van der Waals surface area (Å²) < 4.78 is 0. The van der Waals surface area contributed by atoms with Gasteiger partial charge in [-0.25, -0.2) is 0 Å². The molecule has 0 heterocycles. The largest absolute Gasteiger partial charge is 0.330 e. The van der Waals surface area contributed by atoms with E-state index in [1.54, 1.807) is 0 Å². The molecule has 1 nitrogen and oxygen atoms in total. The van der Waals surface area contributed by atoms with Gasteiger partial charge in [0.1, 0.15) is 0 Å². The van der Waals surface area contributed by atoms with Gasteiger partial charge < -0.3 is 5.73 Å². The Bertz CT molecular complexity index is 328. The summed E-state index contributed by atoms with van der Waals surface area (Å²) in [5, 5.41) is 0. The van der Waals surface area contributed by atoms with Crippen molar-refractivity contribution in [2.24, 2.45) is 11.7 Å².